The second kappa shape index (κ2) is 5.46. The van der Waals surface area contributed by atoms with Gasteiger partial charge in [0, 0.05) is 18.0 Å². The van der Waals surface area contributed by atoms with Crippen molar-refractivity contribution in [1.29, 1.82) is 0 Å². The van der Waals surface area contributed by atoms with Gasteiger partial charge >= 0.3 is 0 Å². The van der Waals surface area contributed by atoms with Crippen LogP contribution in [0.15, 0.2) is 18.2 Å². The molecule has 1 aliphatic rings. The molecule has 5 heteroatoms. The number of hydrogen-bond donors (Lipinski definition) is 2. The summed E-state index contributed by atoms with van der Waals surface area (Å²) in [4.78, 5) is 12.4. The van der Waals surface area contributed by atoms with Crippen LogP contribution >= 0.6 is 12.2 Å². The van der Waals surface area contributed by atoms with Gasteiger partial charge in [-0.05, 0) is 30.2 Å². The average molecular weight is 264 g/mol. The molecular formula is C13H16N2O2S. The predicted molar refractivity (Wildman–Crippen MR) is 73.3 cm³/mol. The Balaban J connectivity index is 2.03. The van der Waals surface area contributed by atoms with Crippen LogP contribution in [0.3, 0.4) is 0 Å². The number of ether oxygens (including phenoxy) is 1. The van der Waals surface area contributed by atoms with Crippen LogP contribution in [-0.4, -0.2) is 16.9 Å². The number of nitrogens with one attached hydrogen (secondary N) is 1. The number of carbonyl (C=O) groups excluding carboxylic acids is 1. The van der Waals surface area contributed by atoms with Crippen LogP contribution in [0.2, 0.25) is 0 Å². The first-order chi connectivity index (χ1) is 8.56. The van der Waals surface area contributed by atoms with E-state index in [4.69, 9.17) is 22.7 Å². The van der Waals surface area contributed by atoms with Gasteiger partial charge in [0.25, 0.3) is 5.91 Å². The molecule has 0 bridgehead atoms. The second-order valence-corrected chi connectivity index (χ2v) is 5.05. The van der Waals surface area contributed by atoms with Crippen molar-refractivity contribution in [3.05, 3.63) is 34.9 Å². The first kappa shape index (κ1) is 13.0. The molecule has 1 amide bonds. The Morgan fingerprint density at radius 1 is 1.50 bits per heavy atom. The SMILES string of the molecule is CC(CC(N)=S)NC(=O)c1ccc2c(c1)COC2. The zero-order valence-electron chi connectivity index (χ0n) is 10.2. The Hall–Kier alpha value is -1.46. The van der Waals surface area contributed by atoms with Crippen LogP contribution in [-0.2, 0) is 18.0 Å². The Morgan fingerprint density at radius 3 is 2.94 bits per heavy atom. The Morgan fingerprint density at radius 2 is 2.22 bits per heavy atom. The van der Waals surface area contributed by atoms with E-state index >= 15 is 0 Å². The molecule has 0 aromatic heterocycles. The zero-order valence-corrected chi connectivity index (χ0v) is 11.0. The number of thiocarbonyl (C=S) groups is 1. The third-order valence-corrected chi connectivity index (χ3v) is 3.04. The molecule has 96 valence electrons. The fourth-order valence-electron chi connectivity index (χ4n) is 1.97. The van der Waals surface area contributed by atoms with E-state index in [2.05, 4.69) is 5.32 Å². The van der Waals surface area contributed by atoms with Crippen molar-refractivity contribution in [2.75, 3.05) is 0 Å². The predicted octanol–water partition coefficient (Wildman–Crippen LogP) is 1.51. The second-order valence-electron chi connectivity index (χ2n) is 4.52. The van der Waals surface area contributed by atoms with E-state index in [0.29, 0.717) is 30.2 Å². The van der Waals surface area contributed by atoms with Gasteiger partial charge in [0.15, 0.2) is 0 Å². The first-order valence-electron chi connectivity index (χ1n) is 5.85. The summed E-state index contributed by atoms with van der Waals surface area (Å²) in [6.07, 6.45) is 0.509. The molecule has 0 saturated heterocycles. The van der Waals surface area contributed by atoms with Gasteiger partial charge in [-0.15, -0.1) is 0 Å². The molecule has 0 saturated carbocycles. The molecule has 2 rings (SSSR count). The normalized spacial score (nSPS) is 14.9. The van der Waals surface area contributed by atoms with Gasteiger partial charge in [0.05, 0.1) is 18.2 Å². The lowest BCUT2D eigenvalue weighted by molar-refractivity contribution is 0.0941. The maximum absolute atomic E-state index is 12.0. The van der Waals surface area contributed by atoms with E-state index in [1.54, 1.807) is 0 Å². The molecular weight excluding hydrogens is 248 g/mol. The molecule has 0 spiro atoms. The quantitative estimate of drug-likeness (QED) is 0.809. The lowest BCUT2D eigenvalue weighted by atomic mass is 10.1. The summed E-state index contributed by atoms with van der Waals surface area (Å²) >= 11 is 4.82. The number of nitrogens with two attached hydrogens (primary N) is 1. The van der Waals surface area contributed by atoms with E-state index in [0.717, 1.165) is 11.1 Å². The largest absolute Gasteiger partial charge is 0.393 e. The number of hydrogen-bond acceptors (Lipinski definition) is 3. The summed E-state index contributed by atoms with van der Waals surface area (Å²) in [6.45, 7) is 3.10. The molecule has 18 heavy (non-hydrogen) atoms. The van der Waals surface area contributed by atoms with Gasteiger partial charge in [-0.25, -0.2) is 0 Å². The maximum atomic E-state index is 12.0. The van der Waals surface area contributed by atoms with Crippen molar-refractivity contribution in [3.63, 3.8) is 0 Å². The van der Waals surface area contributed by atoms with Gasteiger partial charge in [0.1, 0.15) is 0 Å². The Labute approximate surface area is 112 Å². The summed E-state index contributed by atoms with van der Waals surface area (Å²) in [6, 6.07) is 5.58. The van der Waals surface area contributed by atoms with Gasteiger partial charge in [0.2, 0.25) is 0 Å². The number of fused-ring (bicyclic) bond motifs is 1. The molecule has 3 N–H and O–H groups in total. The molecule has 1 aromatic carbocycles. The molecule has 1 unspecified atom stereocenters. The molecule has 4 nitrogen and oxygen atoms in total. The van der Waals surface area contributed by atoms with E-state index in [-0.39, 0.29) is 11.9 Å². The van der Waals surface area contributed by atoms with Crippen molar-refractivity contribution in [2.45, 2.75) is 32.6 Å². The lowest BCUT2D eigenvalue weighted by Crippen LogP contribution is -2.35. The molecule has 1 aliphatic heterocycles. The van der Waals surface area contributed by atoms with Gasteiger partial charge in [-0.2, -0.15) is 0 Å². The maximum Gasteiger partial charge on any atom is 0.251 e. The number of benzene rings is 1. The summed E-state index contributed by atoms with van der Waals surface area (Å²) in [5.41, 5.74) is 8.34. The zero-order chi connectivity index (χ0) is 13.1. The van der Waals surface area contributed by atoms with E-state index in [9.17, 15) is 4.79 Å². The van der Waals surface area contributed by atoms with Crippen LogP contribution in [0.25, 0.3) is 0 Å². The molecule has 0 aliphatic carbocycles. The monoisotopic (exact) mass is 264 g/mol. The minimum Gasteiger partial charge on any atom is -0.393 e. The van der Waals surface area contributed by atoms with E-state index in [1.165, 1.54) is 0 Å². The fraction of sp³-hybridized carbons (Fsp3) is 0.385. The summed E-state index contributed by atoms with van der Waals surface area (Å²) in [5, 5.41) is 2.87. The van der Waals surface area contributed by atoms with Crippen molar-refractivity contribution in [1.82, 2.24) is 5.32 Å². The average Bonchev–Trinajstić information content (AvgIpc) is 2.74. The van der Waals surface area contributed by atoms with Crippen LogP contribution in [0, 0.1) is 0 Å². The minimum absolute atomic E-state index is 0.0560. The van der Waals surface area contributed by atoms with Gasteiger partial charge < -0.3 is 15.8 Å². The van der Waals surface area contributed by atoms with E-state index in [1.807, 2.05) is 25.1 Å². The smallest absolute Gasteiger partial charge is 0.251 e. The van der Waals surface area contributed by atoms with E-state index < -0.39 is 0 Å². The first-order valence-corrected chi connectivity index (χ1v) is 6.26. The molecule has 0 fully saturated rings. The third kappa shape index (κ3) is 3.05. The summed E-state index contributed by atoms with van der Waals surface area (Å²) in [5.74, 6) is -0.103. The highest BCUT2D eigenvalue weighted by molar-refractivity contribution is 7.80. The van der Waals surface area contributed by atoms with Crippen LogP contribution in [0.1, 0.15) is 34.8 Å². The number of rotatable bonds is 4. The third-order valence-electron chi connectivity index (χ3n) is 2.87. The molecule has 1 atom stereocenters. The highest BCUT2D eigenvalue weighted by Gasteiger charge is 2.15. The summed E-state index contributed by atoms with van der Waals surface area (Å²) < 4.78 is 5.32. The van der Waals surface area contributed by atoms with Crippen molar-refractivity contribution < 1.29 is 9.53 Å². The van der Waals surface area contributed by atoms with Gasteiger partial charge in [-0.1, -0.05) is 18.3 Å². The Kier molecular flexibility index (Phi) is 3.93. The number of amides is 1. The van der Waals surface area contributed by atoms with Crippen molar-refractivity contribution >= 4 is 23.1 Å². The minimum atomic E-state index is -0.103. The Bertz CT molecular complexity index is 488. The van der Waals surface area contributed by atoms with Crippen molar-refractivity contribution in [2.24, 2.45) is 5.73 Å². The van der Waals surface area contributed by atoms with Crippen LogP contribution < -0.4 is 11.1 Å². The lowest BCUT2D eigenvalue weighted by Gasteiger charge is -2.13. The fourth-order valence-corrected chi connectivity index (χ4v) is 2.22. The highest BCUT2D eigenvalue weighted by Crippen LogP contribution is 2.20. The number of carbonyl (C=O) groups is 1. The molecule has 1 aromatic rings. The van der Waals surface area contributed by atoms with Gasteiger partial charge in [-0.3, -0.25) is 4.79 Å². The highest BCUT2D eigenvalue weighted by atomic mass is 32.1. The summed E-state index contributed by atoms with van der Waals surface area (Å²) in [7, 11) is 0. The van der Waals surface area contributed by atoms with Crippen molar-refractivity contribution in [3.8, 4) is 0 Å². The molecule has 1 heterocycles. The molecule has 0 radical (unpaired) electrons. The van der Waals surface area contributed by atoms with Crippen LogP contribution in [0.5, 0.6) is 0 Å². The standard InChI is InChI=1S/C13H16N2O2S/c1-8(4-12(14)18)15-13(16)9-2-3-10-6-17-7-11(10)5-9/h2-3,5,8H,4,6-7H2,1H3,(H2,14,18)(H,15,16). The topological polar surface area (TPSA) is 64.3 Å². The van der Waals surface area contributed by atoms with Crippen LogP contribution in [0.4, 0.5) is 0 Å².